The summed E-state index contributed by atoms with van der Waals surface area (Å²) in [5.41, 5.74) is 0.974. The minimum absolute atomic E-state index is 0.115. The molecule has 0 bridgehead atoms. The van der Waals surface area contributed by atoms with E-state index in [4.69, 9.17) is 0 Å². The Bertz CT molecular complexity index is 266. The number of nitrogens with one attached hydrogen (secondary N) is 1. The van der Waals surface area contributed by atoms with E-state index in [0.717, 1.165) is 31.6 Å². The molecule has 1 aromatic heterocycles. The molecule has 1 aliphatic rings. The van der Waals surface area contributed by atoms with Gasteiger partial charge in [-0.1, -0.05) is 0 Å². The summed E-state index contributed by atoms with van der Waals surface area (Å²) in [5.74, 6) is 0. The number of aliphatic hydroxyl groups is 1. The largest absolute Gasteiger partial charge is 0.393 e. The molecule has 2 N–H and O–H groups in total. The van der Waals surface area contributed by atoms with Crippen LogP contribution >= 0.6 is 0 Å². The Kier molecular flexibility index (Phi) is 2.79. The van der Waals surface area contributed by atoms with Crippen LogP contribution in [0.3, 0.4) is 0 Å². The number of piperidine rings is 1. The van der Waals surface area contributed by atoms with Crippen molar-refractivity contribution in [1.29, 1.82) is 0 Å². The zero-order valence-corrected chi connectivity index (χ0v) is 8.35. The average Bonchev–Trinajstić information content (AvgIpc) is 2.71. The van der Waals surface area contributed by atoms with Crippen molar-refractivity contribution in [2.45, 2.75) is 31.9 Å². The van der Waals surface area contributed by atoms with Crippen molar-refractivity contribution in [1.82, 2.24) is 20.3 Å². The van der Waals surface area contributed by atoms with E-state index < -0.39 is 0 Å². The number of aliphatic hydroxyl groups excluding tert-OH is 1. The number of hydrogen-bond donors (Lipinski definition) is 2. The maximum absolute atomic E-state index is 9.38. The van der Waals surface area contributed by atoms with Gasteiger partial charge in [-0.3, -0.25) is 4.90 Å². The van der Waals surface area contributed by atoms with Gasteiger partial charge in [0, 0.05) is 13.1 Å². The molecule has 1 fully saturated rings. The number of rotatable bonds is 2. The smallest absolute Gasteiger partial charge is 0.0993 e. The van der Waals surface area contributed by atoms with Crippen molar-refractivity contribution in [3.8, 4) is 0 Å². The number of H-pyrrole nitrogens is 1. The van der Waals surface area contributed by atoms with Crippen molar-refractivity contribution < 1.29 is 5.11 Å². The van der Waals surface area contributed by atoms with Gasteiger partial charge >= 0.3 is 0 Å². The number of hydrogen-bond acceptors (Lipinski definition) is 4. The topological polar surface area (TPSA) is 65.0 Å². The first kappa shape index (κ1) is 9.61. The molecule has 1 atom stereocenters. The second-order valence-electron chi connectivity index (χ2n) is 3.84. The van der Waals surface area contributed by atoms with Gasteiger partial charge in [-0.2, -0.15) is 15.4 Å². The maximum atomic E-state index is 9.38. The molecular weight excluding hydrogens is 180 g/mol. The molecule has 1 saturated heterocycles. The van der Waals surface area contributed by atoms with Crippen LogP contribution in [-0.4, -0.2) is 44.6 Å². The molecular formula is C9H16N4O. The quantitative estimate of drug-likeness (QED) is 0.715. The number of likely N-dealkylation sites (tertiary alicyclic amines) is 1. The van der Waals surface area contributed by atoms with Crippen LogP contribution in [0.25, 0.3) is 0 Å². The lowest BCUT2D eigenvalue weighted by Crippen LogP contribution is -2.37. The van der Waals surface area contributed by atoms with Gasteiger partial charge in [-0.05, 0) is 19.8 Å². The fraction of sp³-hybridized carbons (Fsp3) is 0.778. The molecule has 14 heavy (non-hydrogen) atoms. The number of aromatic amines is 1. The third-order valence-corrected chi connectivity index (χ3v) is 2.91. The summed E-state index contributed by atoms with van der Waals surface area (Å²) in [7, 11) is 0. The highest BCUT2D eigenvalue weighted by Gasteiger charge is 2.23. The Hall–Kier alpha value is -0.940. The lowest BCUT2D eigenvalue weighted by Gasteiger charge is -2.33. The van der Waals surface area contributed by atoms with Crippen LogP contribution in [0.4, 0.5) is 0 Å². The van der Waals surface area contributed by atoms with Crippen LogP contribution in [0.15, 0.2) is 6.20 Å². The fourth-order valence-electron chi connectivity index (χ4n) is 1.87. The molecule has 0 radical (unpaired) electrons. The van der Waals surface area contributed by atoms with Crippen molar-refractivity contribution >= 4 is 0 Å². The van der Waals surface area contributed by atoms with E-state index in [1.165, 1.54) is 0 Å². The molecule has 0 spiro atoms. The van der Waals surface area contributed by atoms with Crippen molar-refractivity contribution in [3.05, 3.63) is 11.9 Å². The van der Waals surface area contributed by atoms with Gasteiger partial charge < -0.3 is 5.11 Å². The van der Waals surface area contributed by atoms with Crippen molar-refractivity contribution in [2.75, 3.05) is 13.1 Å². The van der Waals surface area contributed by atoms with E-state index in [-0.39, 0.29) is 6.10 Å². The molecule has 1 aliphatic heterocycles. The van der Waals surface area contributed by atoms with E-state index >= 15 is 0 Å². The van der Waals surface area contributed by atoms with E-state index in [9.17, 15) is 5.11 Å². The maximum Gasteiger partial charge on any atom is 0.0993 e. The van der Waals surface area contributed by atoms with Gasteiger partial charge in [0.1, 0.15) is 0 Å². The van der Waals surface area contributed by atoms with Crippen LogP contribution in [-0.2, 0) is 0 Å². The number of nitrogens with zero attached hydrogens (tertiary/aromatic N) is 3. The predicted octanol–water partition coefficient (Wildman–Crippen LogP) is 0.322. The fourth-order valence-corrected chi connectivity index (χ4v) is 1.87. The zero-order chi connectivity index (χ0) is 9.97. The molecule has 0 amide bonds. The van der Waals surface area contributed by atoms with Gasteiger partial charge in [-0.25, -0.2) is 0 Å². The molecule has 78 valence electrons. The minimum Gasteiger partial charge on any atom is -0.393 e. The van der Waals surface area contributed by atoms with Crippen molar-refractivity contribution in [3.63, 3.8) is 0 Å². The van der Waals surface area contributed by atoms with Crippen molar-refractivity contribution in [2.24, 2.45) is 0 Å². The van der Waals surface area contributed by atoms with Gasteiger partial charge in [-0.15, -0.1) is 0 Å². The molecule has 0 aromatic carbocycles. The second-order valence-corrected chi connectivity index (χ2v) is 3.84. The SMILES string of the molecule is CC(c1cn[nH]n1)N1CCC(O)CC1. The average molecular weight is 196 g/mol. The standard InChI is InChI=1S/C9H16N4O/c1-7(9-6-10-12-11-9)13-4-2-8(14)3-5-13/h6-8,14H,2-5H2,1H3,(H,10,11,12). The second kappa shape index (κ2) is 4.06. The summed E-state index contributed by atoms with van der Waals surface area (Å²) in [4.78, 5) is 2.32. The summed E-state index contributed by atoms with van der Waals surface area (Å²) in [6.45, 7) is 4.00. The summed E-state index contributed by atoms with van der Waals surface area (Å²) >= 11 is 0. The lowest BCUT2D eigenvalue weighted by molar-refractivity contribution is 0.0636. The monoisotopic (exact) mass is 196 g/mol. The predicted molar refractivity (Wildman–Crippen MR) is 51.6 cm³/mol. The molecule has 2 heterocycles. The Labute approximate surface area is 83.1 Å². The van der Waals surface area contributed by atoms with E-state index in [2.05, 4.69) is 27.2 Å². The molecule has 1 unspecified atom stereocenters. The minimum atomic E-state index is -0.115. The Morgan fingerprint density at radius 2 is 2.29 bits per heavy atom. The van der Waals surface area contributed by atoms with E-state index in [1.54, 1.807) is 6.20 Å². The Morgan fingerprint density at radius 3 is 2.86 bits per heavy atom. The van der Waals surface area contributed by atoms with Gasteiger partial charge in [0.25, 0.3) is 0 Å². The summed E-state index contributed by atoms with van der Waals surface area (Å²) in [6, 6.07) is 0.293. The molecule has 5 nitrogen and oxygen atoms in total. The third-order valence-electron chi connectivity index (χ3n) is 2.91. The van der Waals surface area contributed by atoms with Gasteiger partial charge in [0.2, 0.25) is 0 Å². The first-order valence-electron chi connectivity index (χ1n) is 5.05. The van der Waals surface area contributed by atoms with Crippen LogP contribution < -0.4 is 0 Å². The summed E-state index contributed by atoms with van der Waals surface area (Å²) < 4.78 is 0. The van der Waals surface area contributed by atoms with Gasteiger partial charge in [0.15, 0.2) is 0 Å². The molecule has 5 heteroatoms. The van der Waals surface area contributed by atoms with Crippen LogP contribution in [0, 0.1) is 0 Å². The van der Waals surface area contributed by atoms with Crippen LogP contribution in [0.5, 0.6) is 0 Å². The summed E-state index contributed by atoms with van der Waals surface area (Å²) in [6.07, 6.45) is 3.37. The highest BCUT2D eigenvalue weighted by Crippen LogP contribution is 2.21. The summed E-state index contributed by atoms with van der Waals surface area (Å²) in [5, 5.41) is 19.9. The highest BCUT2D eigenvalue weighted by atomic mass is 16.3. The molecule has 0 aliphatic carbocycles. The Morgan fingerprint density at radius 1 is 1.57 bits per heavy atom. The highest BCUT2D eigenvalue weighted by molar-refractivity contribution is 4.99. The first-order chi connectivity index (χ1) is 6.77. The van der Waals surface area contributed by atoms with Crippen LogP contribution in [0.2, 0.25) is 0 Å². The number of aromatic nitrogens is 3. The Balaban J connectivity index is 1.95. The molecule has 0 saturated carbocycles. The van der Waals surface area contributed by atoms with Gasteiger partial charge in [0.05, 0.1) is 24.0 Å². The molecule has 1 aromatic rings. The first-order valence-corrected chi connectivity index (χ1v) is 5.05. The zero-order valence-electron chi connectivity index (χ0n) is 8.35. The normalized spacial score (nSPS) is 22.4. The lowest BCUT2D eigenvalue weighted by atomic mass is 10.1. The van der Waals surface area contributed by atoms with E-state index in [1.807, 2.05) is 0 Å². The third kappa shape index (κ3) is 1.93. The molecule has 2 rings (SSSR count). The van der Waals surface area contributed by atoms with Crippen LogP contribution in [0.1, 0.15) is 31.5 Å². The van der Waals surface area contributed by atoms with E-state index in [0.29, 0.717) is 6.04 Å².